The zero-order valence-corrected chi connectivity index (χ0v) is 18.9. The van der Waals surface area contributed by atoms with E-state index >= 15 is 0 Å². The maximum Gasteiger partial charge on any atom is 0.407 e. The third-order valence-electron chi connectivity index (χ3n) is 4.28. The van der Waals surface area contributed by atoms with Crippen molar-refractivity contribution >= 4 is 22.1 Å². The molecule has 10 heteroatoms. The predicted octanol–water partition coefficient (Wildman–Crippen LogP) is 1.22. The number of sulfonamides is 1. The van der Waals surface area contributed by atoms with Gasteiger partial charge in [-0.25, -0.2) is 17.5 Å². The first-order valence-corrected chi connectivity index (χ1v) is 11.6. The van der Waals surface area contributed by atoms with Crippen LogP contribution in [0.4, 0.5) is 4.79 Å². The number of guanidine groups is 1. The SMILES string of the molecule is CCNC(=NCCCN(C)S(=O)(=O)CC)N1CCC(NC(=O)OC(C)(C)C)C1. The smallest absolute Gasteiger partial charge is 0.407 e. The van der Waals surface area contributed by atoms with E-state index in [0.29, 0.717) is 26.1 Å². The summed E-state index contributed by atoms with van der Waals surface area (Å²) in [5.74, 6) is 0.895. The van der Waals surface area contributed by atoms with Crippen LogP contribution in [0.1, 0.15) is 47.5 Å². The molecule has 1 heterocycles. The molecule has 1 atom stereocenters. The number of carbonyl (C=O) groups excluding carboxylic acids is 1. The Kier molecular flexibility index (Phi) is 9.49. The molecule has 0 spiro atoms. The summed E-state index contributed by atoms with van der Waals surface area (Å²) < 4.78 is 30.2. The monoisotopic (exact) mass is 419 g/mol. The summed E-state index contributed by atoms with van der Waals surface area (Å²) in [6, 6.07) is 0.0135. The van der Waals surface area contributed by atoms with Crippen molar-refractivity contribution in [2.24, 2.45) is 4.99 Å². The molecule has 164 valence electrons. The van der Waals surface area contributed by atoms with Crippen molar-refractivity contribution in [3.05, 3.63) is 0 Å². The number of nitrogens with zero attached hydrogens (tertiary/aromatic N) is 3. The molecule has 0 aromatic heterocycles. The van der Waals surface area contributed by atoms with Crippen LogP contribution >= 0.6 is 0 Å². The maximum absolute atomic E-state index is 11.9. The number of amides is 1. The average molecular weight is 420 g/mol. The topological polar surface area (TPSA) is 103 Å². The van der Waals surface area contributed by atoms with Gasteiger partial charge in [-0.3, -0.25) is 4.99 Å². The standard InChI is InChI=1S/C18H37N5O4S/c1-7-19-16(20-11-9-12-22(6)28(25,26)8-2)23-13-10-15(14-23)21-17(24)27-18(3,4)5/h15H,7-14H2,1-6H3,(H,19,20)(H,21,24). The number of nitrogens with one attached hydrogen (secondary N) is 2. The molecular formula is C18H37N5O4S. The fourth-order valence-corrected chi connectivity index (χ4v) is 3.66. The van der Waals surface area contributed by atoms with Gasteiger partial charge in [0.05, 0.1) is 11.8 Å². The highest BCUT2D eigenvalue weighted by molar-refractivity contribution is 7.89. The first-order valence-electron chi connectivity index (χ1n) is 9.95. The Morgan fingerprint density at radius 2 is 2.00 bits per heavy atom. The fourth-order valence-electron chi connectivity index (χ4n) is 2.81. The average Bonchev–Trinajstić information content (AvgIpc) is 3.03. The number of aliphatic imine (C=N–C) groups is 1. The number of hydrogen-bond donors (Lipinski definition) is 2. The van der Waals surface area contributed by atoms with Gasteiger partial charge in [-0.2, -0.15) is 0 Å². The lowest BCUT2D eigenvalue weighted by Crippen LogP contribution is -2.44. The summed E-state index contributed by atoms with van der Waals surface area (Å²) in [6.45, 7) is 12.3. The fraction of sp³-hybridized carbons (Fsp3) is 0.889. The van der Waals surface area contributed by atoms with E-state index in [9.17, 15) is 13.2 Å². The molecular weight excluding hydrogens is 382 g/mol. The summed E-state index contributed by atoms with van der Waals surface area (Å²) in [7, 11) is -1.55. The molecule has 0 radical (unpaired) electrons. The van der Waals surface area contributed by atoms with Gasteiger partial charge in [0, 0.05) is 39.8 Å². The molecule has 1 saturated heterocycles. The third-order valence-corrected chi connectivity index (χ3v) is 6.14. The van der Waals surface area contributed by atoms with Gasteiger partial charge in [0.1, 0.15) is 5.60 Å². The van der Waals surface area contributed by atoms with E-state index in [0.717, 1.165) is 25.5 Å². The molecule has 0 aromatic rings. The molecule has 1 amide bonds. The number of likely N-dealkylation sites (tertiary alicyclic amines) is 1. The van der Waals surface area contributed by atoms with Gasteiger partial charge in [-0.1, -0.05) is 0 Å². The molecule has 2 N–H and O–H groups in total. The lowest BCUT2D eigenvalue weighted by Gasteiger charge is -2.23. The van der Waals surface area contributed by atoms with Crippen LogP contribution in [0.15, 0.2) is 4.99 Å². The molecule has 0 aliphatic carbocycles. The molecule has 1 aliphatic heterocycles. The molecule has 1 rings (SSSR count). The van der Waals surface area contributed by atoms with E-state index in [1.807, 2.05) is 27.7 Å². The summed E-state index contributed by atoms with van der Waals surface area (Å²) in [5, 5.41) is 6.17. The van der Waals surface area contributed by atoms with Gasteiger partial charge in [-0.15, -0.1) is 0 Å². The Bertz CT molecular complexity index is 630. The number of carbonyl (C=O) groups is 1. The first-order chi connectivity index (χ1) is 13.0. The van der Waals surface area contributed by atoms with Crippen molar-refractivity contribution in [2.45, 2.75) is 59.1 Å². The molecule has 1 fully saturated rings. The second-order valence-corrected chi connectivity index (χ2v) is 10.3. The number of rotatable bonds is 8. The summed E-state index contributed by atoms with van der Waals surface area (Å²) in [6.07, 6.45) is 1.07. The number of alkyl carbamates (subject to hydrolysis) is 1. The minimum atomic E-state index is -3.15. The highest BCUT2D eigenvalue weighted by Gasteiger charge is 2.27. The zero-order chi connectivity index (χ0) is 21.4. The Morgan fingerprint density at radius 3 is 2.57 bits per heavy atom. The van der Waals surface area contributed by atoms with Gasteiger partial charge in [0.15, 0.2) is 5.96 Å². The normalized spacial score (nSPS) is 18.5. The number of hydrogen-bond acceptors (Lipinski definition) is 5. The van der Waals surface area contributed by atoms with Crippen molar-refractivity contribution < 1.29 is 17.9 Å². The quantitative estimate of drug-likeness (QED) is 0.348. The molecule has 1 unspecified atom stereocenters. The lowest BCUT2D eigenvalue weighted by molar-refractivity contribution is 0.0507. The van der Waals surface area contributed by atoms with Crippen molar-refractivity contribution in [1.82, 2.24) is 19.8 Å². The molecule has 0 aromatic carbocycles. The van der Waals surface area contributed by atoms with Gasteiger partial charge in [0.2, 0.25) is 10.0 Å². The van der Waals surface area contributed by atoms with Crippen LogP contribution in [-0.4, -0.2) is 86.8 Å². The Morgan fingerprint density at radius 1 is 1.32 bits per heavy atom. The van der Waals surface area contributed by atoms with Crippen LogP contribution in [0.2, 0.25) is 0 Å². The highest BCUT2D eigenvalue weighted by atomic mass is 32.2. The van der Waals surface area contributed by atoms with Gasteiger partial charge in [-0.05, 0) is 47.5 Å². The van der Waals surface area contributed by atoms with E-state index in [-0.39, 0.29) is 11.8 Å². The van der Waals surface area contributed by atoms with E-state index in [2.05, 4.69) is 20.5 Å². The largest absolute Gasteiger partial charge is 0.444 e. The second kappa shape index (κ2) is 10.8. The van der Waals surface area contributed by atoms with Crippen molar-refractivity contribution in [3.63, 3.8) is 0 Å². The third kappa shape index (κ3) is 8.64. The highest BCUT2D eigenvalue weighted by Crippen LogP contribution is 2.12. The Labute approximate surface area is 169 Å². The Balaban J connectivity index is 2.53. The maximum atomic E-state index is 11.9. The van der Waals surface area contributed by atoms with Crippen LogP contribution in [0.25, 0.3) is 0 Å². The molecule has 1 aliphatic rings. The minimum Gasteiger partial charge on any atom is -0.444 e. The van der Waals surface area contributed by atoms with E-state index in [1.54, 1.807) is 14.0 Å². The lowest BCUT2D eigenvalue weighted by atomic mass is 10.2. The van der Waals surface area contributed by atoms with Crippen LogP contribution in [0, 0.1) is 0 Å². The summed E-state index contributed by atoms with van der Waals surface area (Å²) >= 11 is 0. The molecule has 9 nitrogen and oxygen atoms in total. The van der Waals surface area contributed by atoms with Gasteiger partial charge < -0.3 is 20.3 Å². The van der Waals surface area contributed by atoms with E-state index in [1.165, 1.54) is 4.31 Å². The summed E-state index contributed by atoms with van der Waals surface area (Å²) in [4.78, 5) is 18.7. The summed E-state index contributed by atoms with van der Waals surface area (Å²) in [5.41, 5.74) is -0.517. The van der Waals surface area contributed by atoms with Crippen LogP contribution in [0.5, 0.6) is 0 Å². The molecule has 0 bridgehead atoms. The van der Waals surface area contributed by atoms with Crippen molar-refractivity contribution in [1.29, 1.82) is 0 Å². The van der Waals surface area contributed by atoms with Gasteiger partial charge in [0.25, 0.3) is 0 Å². The van der Waals surface area contributed by atoms with Crippen LogP contribution in [0.3, 0.4) is 0 Å². The van der Waals surface area contributed by atoms with Crippen LogP contribution in [-0.2, 0) is 14.8 Å². The van der Waals surface area contributed by atoms with Crippen molar-refractivity contribution in [2.75, 3.05) is 45.5 Å². The van der Waals surface area contributed by atoms with Gasteiger partial charge >= 0.3 is 6.09 Å². The number of ether oxygens (including phenoxy) is 1. The van der Waals surface area contributed by atoms with E-state index in [4.69, 9.17) is 4.74 Å². The van der Waals surface area contributed by atoms with Crippen LogP contribution < -0.4 is 10.6 Å². The molecule has 0 saturated carbocycles. The predicted molar refractivity (Wildman–Crippen MR) is 112 cm³/mol. The Hall–Kier alpha value is -1.55. The minimum absolute atomic E-state index is 0.0135. The van der Waals surface area contributed by atoms with E-state index < -0.39 is 21.7 Å². The first kappa shape index (κ1) is 24.5. The second-order valence-electron chi connectivity index (χ2n) is 7.89. The van der Waals surface area contributed by atoms with Crippen molar-refractivity contribution in [3.8, 4) is 0 Å². The zero-order valence-electron chi connectivity index (χ0n) is 18.1. The molecule has 28 heavy (non-hydrogen) atoms.